The normalized spacial score (nSPS) is 21.4. The highest BCUT2D eigenvalue weighted by molar-refractivity contribution is 5.77. The van der Waals surface area contributed by atoms with E-state index in [0.29, 0.717) is 6.61 Å². The molecule has 26 heavy (non-hydrogen) atoms. The maximum absolute atomic E-state index is 12.8. The Labute approximate surface area is 159 Å². The van der Waals surface area contributed by atoms with Crippen LogP contribution < -0.4 is 0 Å². The van der Waals surface area contributed by atoms with E-state index in [0.717, 1.165) is 44.7 Å². The quantitative estimate of drug-likeness (QED) is 0.654. The van der Waals surface area contributed by atoms with Crippen molar-refractivity contribution in [1.29, 1.82) is 0 Å². The number of carbonyl (C=O) groups excluding carboxylic acids is 1. The third-order valence-corrected chi connectivity index (χ3v) is 6.50. The van der Waals surface area contributed by atoms with Crippen LogP contribution in [0.1, 0.15) is 63.9 Å². The predicted octanol–water partition coefficient (Wildman–Crippen LogP) is 4.84. The summed E-state index contributed by atoms with van der Waals surface area (Å²) in [7, 11) is 0. The second-order valence-electron chi connectivity index (χ2n) is 8.29. The monoisotopic (exact) mass is 357 g/mol. The van der Waals surface area contributed by atoms with Gasteiger partial charge in [0.05, 0.1) is 12.0 Å². The number of ether oxygens (including phenoxy) is 1. The molecule has 1 aromatic carbocycles. The Morgan fingerprint density at radius 3 is 2.46 bits per heavy atom. The van der Waals surface area contributed by atoms with Gasteiger partial charge in [-0.15, -0.1) is 0 Å². The topological polar surface area (TPSA) is 29.5 Å². The lowest BCUT2D eigenvalue weighted by Crippen LogP contribution is -2.46. The molecule has 3 nitrogen and oxygen atoms in total. The molecule has 1 aliphatic heterocycles. The predicted molar refractivity (Wildman–Crippen MR) is 106 cm³/mol. The largest absolute Gasteiger partial charge is 0.466 e. The molecule has 2 aliphatic rings. The highest BCUT2D eigenvalue weighted by Crippen LogP contribution is 2.38. The molecular formula is C23H35NO2. The van der Waals surface area contributed by atoms with Gasteiger partial charge in [-0.05, 0) is 70.0 Å². The number of rotatable bonds is 7. The van der Waals surface area contributed by atoms with Gasteiger partial charge in [-0.3, -0.25) is 4.79 Å². The average Bonchev–Trinajstić information content (AvgIpc) is 2.69. The number of hydrogen-bond donors (Lipinski definition) is 0. The number of nitrogens with zero attached hydrogens (tertiary/aromatic N) is 1. The lowest BCUT2D eigenvalue weighted by atomic mass is 9.74. The van der Waals surface area contributed by atoms with Crippen molar-refractivity contribution in [2.75, 3.05) is 26.2 Å². The molecule has 1 saturated heterocycles. The van der Waals surface area contributed by atoms with Crippen LogP contribution in [-0.4, -0.2) is 37.1 Å². The molecule has 144 valence electrons. The van der Waals surface area contributed by atoms with Crippen molar-refractivity contribution >= 4 is 5.97 Å². The SMILES string of the molecule is CCOC(=O)C1(CCc2ccccc2)CCN(CC2CCCCC2)CC1. The maximum Gasteiger partial charge on any atom is 0.312 e. The van der Waals surface area contributed by atoms with E-state index in [1.165, 1.54) is 44.2 Å². The third kappa shape index (κ3) is 5.09. The Kier molecular flexibility index (Phi) is 7.13. The highest BCUT2D eigenvalue weighted by Gasteiger charge is 2.42. The Bertz CT molecular complexity index is 543. The number of aryl methyl sites for hydroxylation is 1. The second kappa shape index (κ2) is 9.55. The number of likely N-dealkylation sites (tertiary alicyclic amines) is 1. The van der Waals surface area contributed by atoms with Gasteiger partial charge in [0.25, 0.3) is 0 Å². The van der Waals surface area contributed by atoms with E-state index in [2.05, 4.69) is 29.2 Å². The van der Waals surface area contributed by atoms with Gasteiger partial charge >= 0.3 is 5.97 Å². The molecule has 3 heteroatoms. The summed E-state index contributed by atoms with van der Waals surface area (Å²) in [5.41, 5.74) is 1.04. The van der Waals surface area contributed by atoms with Gasteiger partial charge in [0.1, 0.15) is 0 Å². The smallest absolute Gasteiger partial charge is 0.312 e. The highest BCUT2D eigenvalue weighted by atomic mass is 16.5. The first-order chi connectivity index (χ1) is 12.7. The summed E-state index contributed by atoms with van der Waals surface area (Å²) in [6, 6.07) is 10.5. The number of benzene rings is 1. The molecule has 2 fully saturated rings. The zero-order valence-electron chi connectivity index (χ0n) is 16.4. The molecule has 0 unspecified atom stereocenters. The van der Waals surface area contributed by atoms with Gasteiger partial charge < -0.3 is 9.64 Å². The zero-order valence-corrected chi connectivity index (χ0v) is 16.4. The molecule has 0 atom stereocenters. The zero-order chi connectivity index (χ0) is 18.2. The number of esters is 1. The first-order valence-electron chi connectivity index (χ1n) is 10.7. The summed E-state index contributed by atoms with van der Waals surface area (Å²) in [5, 5.41) is 0. The summed E-state index contributed by atoms with van der Waals surface area (Å²) in [4.78, 5) is 15.4. The van der Waals surface area contributed by atoms with Crippen LogP contribution in [0, 0.1) is 11.3 Å². The van der Waals surface area contributed by atoms with Crippen LogP contribution in [0.15, 0.2) is 30.3 Å². The van der Waals surface area contributed by atoms with Crippen LogP contribution in [-0.2, 0) is 16.0 Å². The summed E-state index contributed by atoms with van der Waals surface area (Å²) in [6.45, 7) is 5.73. The van der Waals surface area contributed by atoms with E-state index in [-0.39, 0.29) is 11.4 Å². The summed E-state index contributed by atoms with van der Waals surface area (Å²) < 4.78 is 5.50. The molecule has 0 aromatic heterocycles. The Hall–Kier alpha value is -1.35. The minimum atomic E-state index is -0.283. The van der Waals surface area contributed by atoms with Gasteiger partial charge in [-0.25, -0.2) is 0 Å². The van der Waals surface area contributed by atoms with Crippen molar-refractivity contribution in [3.63, 3.8) is 0 Å². The van der Waals surface area contributed by atoms with E-state index in [9.17, 15) is 4.79 Å². The number of carbonyl (C=O) groups is 1. The summed E-state index contributed by atoms with van der Waals surface area (Å²) in [5.74, 6) is 0.913. The molecular weight excluding hydrogens is 322 g/mol. The van der Waals surface area contributed by atoms with Gasteiger partial charge in [-0.2, -0.15) is 0 Å². The van der Waals surface area contributed by atoms with Crippen LogP contribution in [0.4, 0.5) is 0 Å². The minimum Gasteiger partial charge on any atom is -0.466 e. The summed E-state index contributed by atoms with van der Waals surface area (Å²) >= 11 is 0. The average molecular weight is 358 g/mol. The van der Waals surface area contributed by atoms with Crippen LogP contribution in [0.25, 0.3) is 0 Å². The number of hydrogen-bond acceptors (Lipinski definition) is 3. The van der Waals surface area contributed by atoms with Crippen molar-refractivity contribution in [3.8, 4) is 0 Å². The summed E-state index contributed by atoms with van der Waals surface area (Å²) in [6.07, 6.45) is 10.8. The van der Waals surface area contributed by atoms with Crippen molar-refractivity contribution in [1.82, 2.24) is 4.90 Å². The lowest BCUT2D eigenvalue weighted by Gasteiger charge is -2.41. The van der Waals surface area contributed by atoms with Crippen LogP contribution in [0.5, 0.6) is 0 Å². The Balaban J connectivity index is 1.57. The Morgan fingerprint density at radius 1 is 1.12 bits per heavy atom. The van der Waals surface area contributed by atoms with Crippen molar-refractivity contribution < 1.29 is 9.53 Å². The van der Waals surface area contributed by atoms with E-state index >= 15 is 0 Å². The van der Waals surface area contributed by atoms with Crippen LogP contribution in [0.3, 0.4) is 0 Å². The first kappa shape index (κ1) is 19.4. The fraction of sp³-hybridized carbons (Fsp3) is 0.696. The van der Waals surface area contributed by atoms with E-state index in [4.69, 9.17) is 4.74 Å². The molecule has 1 heterocycles. The van der Waals surface area contributed by atoms with Gasteiger partial charge in [0.2, 0.25) is 0 Å². The van der Waals surface area contributed by atoms with Crippen molar-refractivity contribution in [2.45, 2.75) is 64.7 Å². The van der Waals surface area contributed by atoms with E-state index < -0.39 is 0 Å². The van der Waals surface area contributed by atoms with Crippen LogP contribution in [0.2, 0.25) is 0 Å². The Morgan fingerprint density at radius 2 is 1.81 bits per heavy atom. The second-order valence-corrected chi connectivity index (χ2v) is 8.29. The number of piperidine rings is 1. The maximum atomic E-state index is 12.8. The van der Waals surface area contributed by atoms with Gasteiger partial charge in [0, 0.05) is 6.54 Å². The van der Waals surface area contributed by atoms with Gasteiger partial charge in [-0.1, -0.05) is 49.6 Å². The fourth-order valence-corrected chi connectivity index (χ4v) is 4.77. The molecule has 0 spiro atoms. The van der Waals surface area contributed by atoms with E-state index in [1.807, 2.05) is 13.0 Å². The van der Waals surface area contributed by atoms with Crippen molar-refractivity contribution in [2.24, 2.45) is 11.3 Å². The molecule has 0 N–H and O–H groups in total. The van der Waals surface area contributed by atoms with E-state index in [1.54, 1.807) is 0 Å². The van der Waals surface area contributed by atoms with Crippen molar-refractivity contribution in [3.05, 3.63) is 35.9 Å². The molecule has 0 bridgehead atoms. The molecule has 3 rings (SSSR count). The lowest BCUT2D eigenvalue weighted by molar-refractivity contribution is -0.159. The molecule has 1 saturated carbocycles. The third-order valence-electron chi connectivity index (χ3n) is 6.50. The molecule has 1 aromatic rings. The molecule has 0 amide bonds. The first-order valence-corrected chi connectivity index (χ1v) is 10.7. The van der Waals surface area contributed by atoms with Gasteiger partial charge in [0.15, 0.2) is 0 Å². The standard InChI is InChI=1S/C23H35NO2/c1-2-26-22(25)23(14-13-20-9-5-3-6-10-20)15-17-24(18-16-23)19-21-11-7-4-8-12-21/h3,5-6,9-10,21H,2,4,7-8,11-19H2,1H3. The fourth-order valence-electron chi connectivity index (χ4n) is 4.77. The molecule has 1 aliphatic carbocycles. The van der Waals surface area contributed by atoms with Crippen LogP contribution >= 0.6 is 0 Å². The molecule has 0 radical (unpaired) electrons. The minimum absolute atomic E-state index is 0.0354.